The van der Waals surface area contributed by atoms with E-state index in [0.29, 0.717) is 0 Å². The quantitative estimate of drug-likeness (QED) is 0.782. The summed E-state index contributed by atoms with van der Waals surface area (Å²) in [6.45, 7) is 2.05. The smallest absolute Gasteiger partial charge is 0.315 e. The Bertz CT molecular complexity index is 251. The molecule has 0 saturated heterocycles. The van der Waals surface area contributed by atoms with Crippen molar-refractivity contribution in [1.82, 2.24) is 10.6 Å². The fourth-order valence-corrected chi connectivity index (χ4v) is 2.93. The van der Waals surface area contributed by atoms with Crippen molar-refractivity contribution in [3.63, 3.8) is 0 Å². The van der Waals surface area contributed by atoms with Crippen molar-refractivity contribution in [2.45, 2.75) is 57.2 Å². The lowest BCUT2D eigenvalue weighted by molar-refractivity contribution is 0.0451. The lowest BCUT2D eigenvalue weighted by Crippen LogP contribution is -2.51. The van der Waals surface area contributed by atoms with Crippen LogP contribution in [0.15, 0.2) is 0 Å². The summed E-state index contributed by atoms with van der Waals surface area (Å²) in [7, 11) is 1.73. The average molecular weight is 274 g/mol. The van der Waals surface area contributed by atoms with E-state index < -0.39 is 0 Å². The first-order valence-electron chi connectivity index (χ1n) is 6.76. The number of carbonyl (C=O) groups is 1. The number of ether oxygens (including phenoxy) is 1. The van der Waals surface area contributed by atoms with E-state index in [9.17, 15) is 4.79 Å². The molecule has 2 amide bonds. The van der Waals surface area contributed by atoms with Gasteiger partial charge in [-0.1, -0.05) is 12.8 Å². The number of amides is 2. The summed E-state index contributed by atoms with van der Waals surface area (Å²) in [4.78, 5) is 11.9. The molecule has 3 atom stereocenters. The van der Waals surface area contributed by atoms with E-state index in [1.165, 1.54) is 12.8 Å². The minimum atomic E-state index is -0.0578. The van der Waals surface area contributed by atoms with Crippen LogP contribution in [0.25, 0.3) is 0 Å². The Labute approximate surface area is 115 Å². The third kappa shape index (κ3) is 5.48. The maximum absolute atomic E-state index is 11.9. The van der Waals surface area contributed by atoms with Gasteiger partial charge < -0.3 is 15.4 Å². The molecule has 0 unspecified atom stereocenters. The highest BCUT2D eigenvalue weighted by Gasteiger charge is 2.26. The zero-order valence-electron chi connectivity index (χ0n) is 11.7. The molecule has 4 nitrogen and oxygen atoms in total. The second-order valence-corrected chi connectivity index (χ2v) is 5.95. The van der Waals surface area contributed by atoms with Crippen molar-refractivity contribution in [3.05, 3.63) is 0 Å². The van der Waals surface area contributed by atoms with Gasteiger partial charge in [-0.15, -0.1) is 0 Å². The molecule has 1 aliphatic carbocycles. The van der Waals surface area contributed by atoms with Gasteiger partial charge >= 0.3 is 6.03 Å². The molecule has 0 radical (unpaired) electrons. The van der Waals surface area contributed by atoms with Gasteiger partial charge in [0.2, 0.25) is 0 Å². The van der Waals surface area contributed by atoms with Gasteiger partial charge in [0.25, 0.3) is 0 Å². The molecule has 106 valence electrons. The normalized spacial score (nSPS) is 25.5. The molecule has 0 aromatic rings. The highest BCUT2D eigenvalue weighted by atomic mass is 32.2. The lowest BCUT2D eigenvalue weighted by Gasteiger charge is -2.31. The van der Waals surface area contributed by atoms with Crippen molar-refractivity contribution < 1.29 is 9.53 Å². The van der Waals surface area contributed by atoms with Crippen LogP contribution in [-0.2, 0) is 4.74 Å². The molecule has 5 heteroatoms. The molecule has 0 aromatic carbocycles. The number of hydrogen-bond acceptors (Lipinski definition) is 3. The van der Waals surface area contributed by atoms with Crippen molar-refractivity contribution >= 4 is 17.8 Å². The van der Waals surface area contributed by atoms with E-state index in [-0.39, 0.29) is 24.2 Å². The molecule has 1 fully saturated rings. The van der Waals surface area contributed by atoms with Gasteiger partial charge in [-0.25, -0.2) is 4.79 Å². The van der Waals surface area contributed by atoms with Gasteiger partial charge in [0.1, 0.15) is 0 Å². The minimum absolute atomic E-state index is 0.0578. The van der Waals surface area contributed by atoms with Crippen LogP contribution in [0.2, 0.25) is 0 Å². The van der Waals surface area contributed by atoms with E-state index in [2.05, 4.69) is 16.9 Å². The Hall–Kier alpha value is -0.420. The topological polar surface area (TPSA) is 50.4 Å². The van der Waals surface area contributed by atoms with Crippen molar-refractivity contribution in [2.75, 3.05) is 19.1 Å². The summed E-state index contributed by atoms with van der Waals surface area (Å²) in [5.74, 6) is 1.07. The number of methoxy groups -OCH3 is 1. The molecular formula is C13H26N2O2S. The van der Waals surface area contributed by atoms with E-state index in [0.717, 1.165) is 25.0 Å². The number of nitrogens with one attached hydrogen (secondary N) is 2. The van der Waals surface area contributed by atoms with E-state index >= 15 is 0 Å². The summed E-state index contributed by atoms with van der Waals surface area (Å²) in [5.41, 5.74) is 0. The van der Waals surface area contributed by atoms with Gasteiger partial charge in [0.15, 0.2) is 0 Å². The molecule has 0 heterocycles. The standard InChI is InChI=1S/C13H26N2O2S/c1-10(8-9-18-3)14-13(16)15-11-6-4-5-7-12(11)17-2/h10-12H,4-9H2,1-3H3,(H2,14,15,16)/t10-,11+,12-/m1/s1. The van der Waals surface area contributed by atoms with Gasteiger partial charge in [0, 0.05) is 13.2 Å². The molecule has 0 aliphatic heterocycles. The first kappa shape index (κ1) is 15.6. The summed E-state index contributed by atoms with van der Waals surface area (Å²) in [6, 6.07) is 0.330. The minimum Gasteiger partial charge on any atom is -0.379 e. The number of rotatable bonds is 6. The third-order valence-corrected chi connectivity index (χ3v) is 4.10. The van der Waals surface area contributed by atoms with Crippen LogP contribution < -0.4 is 10.6 Å². The monoisotopic (exact) mass is 274 g/mol. The fourth-order valence-electron chi connectivity index (χ4n) is 2.34. The largest absolute Gasteiger partial charge is 0.379 e. The zero-order valence-corrected chi connectivity index (χ0v) is 12.5. The predicted molar refractivity (Wildman–Crippen MR) is 77.2 cm³/mol. The summed E-state index contributed by atoms with van der Waals surface area (Å²) in [5, 5.41) is 6.03. The van der Waals surface area contributed by atoms with Crippen LogP contribution >= 0.6 is 11.8 Å². The van der Waals surface area contributed by atoms with Crippen LogP contribution in [0.1, 0.15) is 39.0 Å². The molecule has 1 aliphatic rings. The molecule has 1 saturated carbocycles. The molecule has 0 spiro atoms. The Morgan fingerprint density at radius 3 is 2.83 bits per heavy atom. The highest BCUT2D eigenvalue weighted by Crippen LogP contribution is 2.20. The van der Waals surface area contributed by atoms with Gasteiger partial charge in [0.05, 0.1) is 12.1 Å². The lowest BCUT2D eigenvalue weighted by atomic mass is 9.92. The highest BCUT2D eigenvalue weighted by molar-refractivity contribution is 7.98. The molecular weight excluding hydrogens is 248 g/mol. The number of carbonyl (C=O) groups excluding carboxylic acids is 1. The van der Waals surface area contributed by atoms with Crippen molar-refractivity contribution in [1.29, 1.82) is 0 Å². The predicted octanol–water partition coefficient (Wildman–Crippen LogP) is 2.38. The average Bonchev–Trinajstić information content (AvgIpc) is 2.36. The van der Waals surface area contributed by atoms with Crippen LogP contribution in [0.4, 0.5) is 4.79 Å². The van der Waals surface area contributed by atoms with Gasteiger partial charge in [-0.05, 0) is 38.2 Å². The molecule has 18 heavy (non-hydrogen) atoms. The van der Waals surface area contributed by atoms with Crippen LogP contribution in [0.3, 0.4) is 0 Å². The molecule has 0 bridgehead atoms. The van der Waals surface area contributed by atoms with Gasteiger partial charge in [-0.2, -0.15) is 11.8 Å². The zero-order chi connectivity index (χ0) is 13.4. The van der Waals surface area contributed by atoms with E-state index in [1.54, 1.807) is 18.9 Å². The maximum atomic E-state index is 11.9. The molecule has 1 rings (SSSR count). The number of thioether (sulfide) groups is 1. The van der Waals surface area contributed by atoms with Crippen LogP contribution in [-0.4, -0.2) is 43.3 Å². The summed E-state index contributed by atoms with van der Waals surface area (Å²) < 4.78 is 5.43. The van der Waals surface area contributed by atoms with E-state index in [4.69, 9.17) is 4.74 Å². The second kappa shape index (κ2) is 8.64. The third-order valence-electron chi connectivity index (χ3n) is 3.45. The van der Waals surface area contributed by atoms with Gasteiger partial charge in [-0.3, -0.25) is 0 Å². The first-order chi connectivity index (χ1) is 8.67. The Kier molecular flexibility index (Phi) is 7.51. The number of urea groups is 1. The Balaban J connectivity index is 2.29. The van der Waals surface area contributed by atoms with E-state index in [1.807, 2.05) is 6.92 Å². The molecule has 0 aromatic heterocycles. The fraction of sp³-hybridized carbons (Fsp3) is 0.923. The molecule has 2 N–H and O–H groups in total. The van der Waals surface area contributed by atoms with Crippen molar-refractivity contribution in [3.8, 4) is 0 Å². The Morgan fingerprint density at radius 2 is 2.17 bits per heavy atom. The Morgan fingerprint density at radius 1 is 1.44 bits per heavy atom. The maximum Gasteiger partial charge on any atom is 0.315 e. The summed E-state index contributed by atoms with van der Waals surface area (Å²) >= 11 is 1.81. The van der Waals surface area contributed by atoms with Crippen molar-refractivity contribution in [2.24, 2.45) is 0 Å². The summed E-state index contributed by atoms with van der Waals surface area (Å²) in [6.07, 6.45) is 7.69. The van der Waals surface area contributed by atoms with Crippen LogP contribution in [0, 0.1) is 0 Å². The van der Waals surface area contributed by atoms with Crippen LogP contribution in [0.5, 0.6) is 0 Å². The first-order valence-corrected chi connectivity index (χ1v) is 8.15. The number of hydrogen-bond donors (Lipinski definition) is 2. The SMILES string of the molecule is CO[C@@H]1CCCC[C@@H]1NC(=O)N[C@H](C)CCSC. The second-order valence-electron chi connectivity index (χ2n) is 4.97.